The van der Waals surface area contributed by atoms with Crippen molar-refractivity contribution >= 4 is 0 Å². The van der Waals surface area contributed by atoms with Crippen molar-refractivity contribution in [2.45, 2.75) is 38.5 Å². The van der Waals surface area contributed by atoms with Crippen LogP contribution in [-0.2, 0) is 0 Å². The molecule has 0 aromatic carbocycles. The van der Waals surface area contributed by atoms with Crippen molar-refractivity contribution in [1.29, 1.82) is 0 Å². The van der Waals surface area contributed by atoms with Gasteiger partial charge in [0.25, 0.3) is 0 Å². The van der Waals surface area contributed by atoms with Crippen molar-refractivity contribution in [1.82, 2.24) is 0 Å². The molecule has 0 bridgehead atoms. The molecule has 0 spiro atoms. The Morgan fingerprint density at radius 1 is 1.25 bits per heavy atom. The van der Waals surface area contributed by atoms with E-state index in [2.05, 4.69) is 0 Å². The number of aliphatic hydroxyl groups is 1. The first-order chi connectivity index (χ1) is 5.86. The van der Waals surface area contributed by atoms with E-state index < -0.39 is 0 Å². The topological polar surface area (TPSA) is 46.2 Å². The molecule has 0 aromatic rings. The molecule has 1 fully saturated rings. The third-order valence-electron chi connectivity index (χ3n) is 2.98. The molecule has 1 saturated carbocycles. The second-order valence-corrected chi connectivity index (χ2v) is 4.02. The Labute approximate surface area is 75.2 Å². The Bertz CT molecular complexity index is 106. The Kier molecular flexibility index (Phi) is 4.62. The van der Waals surface area contributed by atoms with Crippen LogP contribution in [0.25, 0.3) is 0 Å². The van der Waals surface area contributed by atoms with Crippen molar-refractivity contribution in [3.05, 3.63) is 0 Å². The average Bonchev–Trinajstić information content (AvgIpc) is 2.16. The third-order valence-corrected chi connectivity index (χ3v) is 2.98. The average molecular weight is 171 g/mol. The van der Waals surface area contributed by atoms with Crippen LogP contribution < -0.4 is 5.73 Å². The standard InChI is InChI=1S/C10H21NO/c11-7-10(8-12)6-9-4-2-1-3-5-9/h9-10,12H,1-8,11H2/t10-/m1/s1. The van der Waals surface area contributed by atoms with E-state index in [0.717, 1.165) is 12.3 Å². The van der Waals surface area contributed by atoms with Gasteiger partial charge in [0.15, 0.2) is 0 Å². The van der Waals surface area contributed by atoms with Crippen LogP contribution in [0.15, 0.2) is 0 Å². The fraction of sp³-hybridized carbons (Fsp3) is 1.00. The van der Waals surface area contributed by atoms with E-state index in [-0.39, 0.29) is 6.61 Å². The summed E-state index contributed by atoms with van der Waals surface area (Å²) in [5.74, 6) is 1.20. The van der Waals surface area contributed by atoms with E-state index in [1.807, 2.05) is 0 Å². The minimum Gasteiger partial charge on any atom is -0.396 e. The lowest BCUT2D eigenvalue weighted by Gasteiger charge is -2.24. The Morgan fingerprint density at radius 3 is 2.42 bits per heavy atom. The van der Waals surface area contributed by atoms with Crippen LogP contribution in [0.4, 0.5) is 0 Å². The van der Waals surface area contributed by atoms with Gasteiger partial charge in [-0.05, 0) is 24.8 Å². The van der Waals surface area contributed by atoms with Crippen LogP contribution in [0, 0.1) is 11.8 Å². The van der Waals surface area contributed by atoms with Crippen molar-refractivity contribution in [3.8, 4) is 0 Å². The van der Waals surface area contributed by atoms with E-state index in [9.17, 15) is 0 Å². The smallest absolute Gasteiger partial charge is 0.0471 e. The van der Waals surface area contributed by atoms with Gasteiger partial charge in [-0.2, -0.15) is 0 Å². The molecule has 0 aliphatic heterocycles. The lowest BCUT2D eigenvalue weighted by molar-refractivity contribution is 0.190. The lowest BCUT2D eigenvalue weighted by atomic mass is 9.83. The molecule has 72 valence electrons. The fourth-order valence-corrected chi connectivity index (χ4v) is 2.14. The molecular formula is C10H21NO. The van der Waals surface area contributed by atoms with E-state index >= 15 is 0 Å². The first kappa shape index (κ1) is 10.0. The molecule has 0 aromatic heterocycles. The summed E-state index contributed by atoms with van der Waals surface area (Å²) in [5.41, 5.74) is 5.54. The van der Waals surface area contributed by atoms with Gasteiger partial charge in [-0.25, -0.2) is 0 Å². The third kappa shape index (κ3) is 3.11. The monoisotopic (exact) mass is 171 g/mol. The SMILES string of the molecule is NC[C@H](CO)CC1CCCCC1. The molecular weight excluding hydrogens is 150 g/mol. The zero-order valence-electron chi connectivity index (χ0n) is 7.84. The van der Waals surface area contributed by atoms with Crippen LogP contribution in [0.2, 0.25) is 0 Å². The van der Waals surface area contributed by atoms with Gasteiger partial charge in [-0.1, -0.05) is 32.1 Å². The molecule has 1 aliphatic carbocycles. The summed E-state index contributed by atoms with van der Waals surface area (Å²) in [6.07, 6.45) is 8.03. The quantitative estimate of drug-likeness (QED) is 0.673. The molecule has 0 amide bonds. The van der Waals surface area contributed by atoms with Crippen LogP contribution in [0.1, 0.15) is 38.5 Å². The molecule has 2 heteroatoms. The molecule has 3 N–H and O–H groups in total. The molecule has 2 nitrogen and oxygen atoms in total. The first-order valence-electron chi connectivity index (χ1n) is 5.17. The second kappa shape index (κ2) is 5.55. The van der Waals surface area contributed by atoms with Gasteiger partial charge in [0.1, 0.15) is 0 Å². The molecule has 1 aliphatic rings. The highest BCUT2D eigenvalue weighted by Gasteiger charge is 2.17. The summed E-state index contributed by atoms with van der Waals surface area (Å²) in [6, 6.07) is 0. The summed E-state index contributed by atoms with van der Waals surface area (Å²) < 4.78 is 0. The molecule has 0 radical (unpaired) electrons. The number of aliphatic hydroxyl groups excluding tert-OH is 1. The number of hydrogen-bond acceptors (Lipinski definition) is 2. The molecule has 12 heavy (non-hydrogen) atoms. The first-order valence-corrected chi connectivity index (χ1v) is 5.17. The van der Waals surface area contributed by atoms with Crippen LogP contribution in [-0.4, -0.2) is 18.3 Å². The van der Waals surface area contributed by atoms with Crippen LogP contribution >= 0.6 is 0 Å². The van der Waals surface area contributed by atoms with E-state index in [4.69, 9.17) is 10.8 Å². The summed E-state index contributed by atoms with van der Waals surface area (Å²) in [4.78, 5) is 0. The predicted molar refractivity (Wildman–Crippen MR) is 50.8 cm³/mol. The molecule has 1 rings (SSSR count). The van der Waals surface area contributed by atoms with Gasteiger partial charge < -0.3 is 10.8 Å². The van der Waals surface area contributed by atoms with Gasteiger partial charge in [-0.15, -0.1) is 0 Å². The van der Waals surface area contributed by atoms with E-state index in [1.54, 1.807) is 0 Å². The van der Waals surface area contributed by atoms with Crippen LogP contribution in [0.5, 0.6) is 0 Å². The van der Waals surface area contributed by atoms with Gasteiger partial charge in [0, 0.05) is 6.61 Å². The number of rotatable bonds is 4. The molecule has 0 saturated heterocycles. The van der Waals surface area contributed by atoms with E-state index in [1.165, 1.54) is 32.1 Å². The maximum Gasteiger partial charge on any atom is 0.0471 e. The van der Waals surface area contributed by atoms with E-state index in [0.29, 0.717) is 12.5 Å². The lowest BCUT2D eigenvalue weighted by Crippen LogP contribution is -2.22. The molecule has 0 heterocycles. The summed E-state index contributed by atoms with van der Waals surface area (Å²) in [6.45, 7) is 0.917. The van der Waals surface area contributed by atoms with Crippen molar-refractivity contribution in [2.75, 3.05) is 13.2 Å². The Balaban J connectivity index is 2.18. The maximum atomic E-state index is 8.98. The normalized spacial score (nSPS) is 22.5. The van der Waals surface area contributed by atoms with Gasteiger partial charge in [-0.3, -0.25) is 0 Å². The summed E-state index contributed by atoms with van der Waals surface area (Å²) in [5, 5.41) is 8.98. The number of nitrogens with two attached hydrogens (primary N) is 1. The summed E-state index contributed by atoms with van der Waals surface area (Å²) >= 11 is 0. The maximum absolute atomic E-state index is 8.98. The zero-order chi connectivity index (χ0) is 8.81. The zero-order valence-corrected chi connectivity index (χ0v) is 7.84. The minimum absolute atomic E-state index is 0.271. The van der Waals surface area contributed by atoms with Crippen molar-refractivity contribution in [3.63, 3.8) is 0 Å². The Morgan fingerprint density at radius 2 is 1.92 bits per heavy atom. The molecule has 1 atom stereocenters. The highest BCUT2D eigenvalue weighted by molar-refractivity contribution is 4.70. The van der Waals surface area contributed by atoms with Crippen molar-refractivity contribution in [2.24, 2.45) is 17.6 Å². The van der Waals surface area contributed by atoms with Crippen LogP contribution in [0.3, 0.4) is 0 Å². The number of hydrogen-bond donors (Lipinski definition) is 2. The molecule has 0 unspecified atom stereocenters. The highest BCUT2D eigenvalue weighted by Crippen LogP contribution is 2.28. The second-order valence-electron chi connectivity index (χ2n) is 4.02. The minimum atomic E-state index is 0.271. The van der Waals surface area contributed by atoms with Crippen molar-refractivity contribution < 1.29 is 5.11 Å². The largest absolute Gasteiger partial charge is 0.396 e. The Hall–Kier alpha value is -0.0800. The summed E-state index contributed by atoms with van der Waals surface area (Å²) in [7, 11) is 0. The van der Waals surface area contributed by atoms with Gasteiger partial charge in [0.2, 0.25) is 0 Å². The predicted octanol–water partition coefficient (Wildman–Crippen LogP) is 1.52. The van der Waals surface area contributed by atoms with Gasteiger partial charge >= 0.3 is 0 Å². The van der Waals surface area contributed by atoms with Gasteiger partial charge in [0.05, 0.1) is 0 Å². The fourth-order valence-electron chi connectivity index (χ4n) is 2.14. The highest BCUT2D eigenvalue weighted by atomic mass is 16.3.